The first-order chi connectivity index (χ1) is 15.8. The van der Waals surface area contributed by atoms with Crippen molar-refractivity contribution in [2.75, 3.05) is 6.61 Å². The van der Waals surface area contributed by atoms with E-state index < -0.39 is 5.63 Å². The molecule has 4 heterocycles. The number of hydrogen-bond acceptors (Lipinski definition) is 7. The van der Waals surface area contributed by atoms with E-state index >= 15 is 0 Å². The lowest BCUT2D eigenvalue weighted by molar-refractivity contribution is 0.327. The number of hydrogen-bond donors (Lipinski definition) is 0. The Labute approximate surface area is 206 Å². The first kappa shape index (κ1) is 22.1. The molecule has 166 valence electrons. The summed E-state index contributed by atoms with van der Waals surface area (Å²) in [6, 6.07) is 10.6. The Morgan fingerprint density at radius 2 is 1.85 bits per heavy atom. The Hall–Kier alpha value is -2.71. The molecular formula is C23H14Cl3N3O3S. The molecule has 0 amide bonds. The fourth-order valence-electron chi connectivity index (χ4n) is 3.60. The zero-order valence-electron chi connectivity index (χ0n) is 17.3. The number of aromatic nitrogens is 3. The summed E-state index contributed by atoms with van der Waals surface area (Å²) in [7, 11) is 0. The average molecular weight is 519 g/mol. The molecule has 0 fully saturated rings. The molecular weight excluding hydrogens is 505 g/mol. The molecule has 0 aliphatic carbocycles. The highest BCUT2D eigenvalue weighted by molar-refractivity contribution is 7.25. The molecule has 33 heavy (non-hydrogen) atoms. The SMILES string of the molecule is CCOc1cc(-c2cc(-c3ccc(Cl)cc3Cl)c3c(n2)sc2c(=O)oc(C)nc23)cc(Cl)n1. The van der Waals surface area contributed by atoms with E-state index in [9.17, 15) is 4.79 Å². The van der Waals surface area contributed by atoms with Gasteiger partial charge < -0.3 is 9.15 Å². The van der Waals surface area contributed by atoms with Crippen molar-refractivity contribution >= 4 is 66.6 Å². The number of nitrogens with zero attached hydrogens (tertiary/aromatic N) is 3. The third-order valence-corrected chi connectivity index (χ3v) is 6.71. The standard InChI is InChI=1S/C23H14Cl3N3O3S/c1-3-31-18-7-11(6-17(26)29-18)16-9-14(13-5-4-12(24)8-15(13)25)19-20-21(33-22(19)28-16)23(30)32-10(2)27-20/h4-9H,3H2,1-2H3. The smallest absolute Gasteiger partial charge is 0.357 e. The molecule has 10 heteroatoms. The molecule has 0 bridgehead atoms. The maximum atomic E-state index is 12.5. The van der Waals surface area contributed by atoms with Crippen LogP contribution in [0.15, 0.2) is 45.6 Å². The van der Waals surface area contributed by atoms with E-state index in [4.69, 9.17) is 48.9 Å². The van der Waals surface area contributed by atoms with Crippen LogP contribution in [0.1, 0.15) is 12.8 Å². The number of pyridine rings is 2. The summed E-state index contributed by atoms with van der Waals surface area (Å²) >= 11 is 20.2. The minimum atomic E-state index is -0.458. The second-order valence-corrected chi connectivity index (χ2v) is 9.34. The van der Waals surface area contributed by atoms with E-state index in [1.54, 1.807) is 31.2 Å². The fourth-order valence-corrected chi connectivity index (χ4v) is 5.33. The van der Waals surface area contributed by atoms with Gasteiger partial charge in [0.05, 0.1) is 12.3 Å². The summed E-state index contributed by atoms with van der Waals surface area (Å²) in [6.45, 7) is 3.95. The summed E-state index contributed by atoms with van der Waals surface area (Å²) < 4.78 is 11.1. The average Bonchev–Trinajstić information content (AvgIpc) is 3.12. The van der Waals surface area contributed by atoms with Gasteiger partial charge in [-0.2, -0.15) is 0 Å². The van der Waals surface area contributed by atoms with Gasteiger partial charge in [0, 0.05) is 39.5 Å². The fraction of sp³-hybridized carbons (Fsp3) is 0.130. The normalized spacial score (nSPS) is 11.4. The molecule has 0 saturated heterocycles. The Kier molecular flexibility index (Phi) is 5.74. The summed E-state index contributed by atoms with van der Waals surface area (Å²) in [5, 5.41) is 1.96. The lowest BCUT2D eigenvalue weighted by atomic mass is 10.00. The first-order valence-corrected chi connectivity index (χ1v) is 11.8. The number of fused-ring (bicyclic) bond motifs is 3. The summed E-state index contributed by atoms with van der Waals surface area (Å²) in [5.74, 6) is 0.661. The van der Waals surface area contributed by atoms with E-state index in [1.165, 1.54) is 11.3 Å². The molecule has 6 nitrogen and oxygen atoms in total. The molecule has 0 aliphatic rings. The van der Waals surface area contributed by atoms with Crippen molar-refractivity contribution in [1.82, 2.24) is 15.0 Å². The minimum absolute atomic E-state index is 0.270. The number of thiophene rings is 1. The highest BCUT2D eigenvalue weighted by atomic mass is 35.5. The van der Waals surface area contributed by atoms with Crippen LogP contribution in [0.5, 0.6) is 5.88 Å². The van der Waals surface area contributed by atoms with Gasteiger partial charge in [-0.15, -0.1) is 11.3 Å². The molecule has 4 aromatic heterocycles. The Morgan fingerprint density at radius 3 is 2.61 bits per heavy atom. The van der Waals surface area contributed by atoms with Crippen LogP contribution in [0.4, 0.5) is 0 Å². The third kappa shape index (κ3) is 4.06. The molecule has 0 saturated carbocycles. The maximum Gasteiger partial charge on any atom is 0.357 e. The zero-order valence-corrected chi connectivity index (χ0v) is 20.4. The van der Waals surface area contributed by atoms with Gasteiger partial charge in [0.25, 0.3) is 0 Å². The van der Waals surface area contributed by atoms with Gasteiger partial charge in [0.15, 0.2) is 5.89 Å². The predicted molar refractivity (Wildman–Crippen MR) is 133 cm³/mol. The summed E-state index contributed by atoms with van der Waals surface area (Å²) in [4.78, 5) is 26.6. The van der Waals surface area contributed by atoms with Crippen LogP contribution in [0.25, 0.3) is 42.8 Å². The quantitative estimate of drug-likeness (QED) is 0.234. The number of benzene rings is 1. The van der Waals surface area contributed by atoms with Crippen molar-refractivity contribution in [1.29, 1.82) is 0 Å². The maximum absolute atomic E-state index is 12.5. The lowest BCUT2D eigenvalue weighted by Gasteiger charge is -2.11. The molecule has 5 rings (SSSR count). The van der Waals surface area contributed by atoms with Crippen LogP contribution in [0, 0.1) is 6.92 Å². The lowest BCUT2D eigenvalue weighted by Crippen LogP contribution is -2.00. The number of ether oxygens (including phenoxy) is 1. The van der Waals surface area contributed by atoms with Crippen molar-refractivity contribution in [3.63, 3.8) is 0 Å². The highest BCUT2D eigenvalue weighted by Crippen LogP contribution is 2.42. The van der Waals surface area contributed by atoms with E-state index in [1.807, 2.05) is 19.1 Å². The molecule has 1 aromatic carbocycles. The molecule has 0 unspecified atom stereocenters. The van der Waals surface area contributed by atoms with Gasteiger partial charge in [0.1, 0.15) is 20.2 Å². The monoisotopic (exact) mass is 517 g/mol. The van der Waals surface area contributed by atoms with Crippen LogP contribution >= 0.6 is 46.1 Å². The van der Waals surface area contributed by atoms with E-state index in [0.717, 1.165) is 11.1 Å². The molecule has 0 aliphatic heterocycles. The molecule has 0 atom stereocenters. The Bertz CT molecular complexity index is 1610. The van der Waals surface area contributed by atoms with Crippen molar-refractivity contribution in [3.05, 3.63) is 67.9 Å². The van der Waals surface area contributed by atoms with Crippen molar-refractivity contribution in [2.24, 2.45) is 0 Å². The second-order valence-electron chi connectivity index (χ2n) is 7.11. The van der Waals surface area contributed by atoms with Gasteiger partial charge in [0.2, 0.25) is 5.88 Å². The largest absolute Gasteiger partial charge is 0.478 e. The third-order valence-electron chi connectivity index (χ3n) is 4.91. The van der Waals surface area contributed by atoms with Crippen LogP contribution in [0.2, 0.25) is 15.2 Å². The van der Waals surface area contributed by atoms with E-state index in [-0.39, 0.29) is 11.0 Å². The van der Waals surface area contributed by atoms with Gasteiger partial charge in [-0.25, -0.2) is 19.7 Å². The molecule has 0 spiro atoms. The van der Waals surface area contributed by atoms with Crippen molar-refractivity contribution in [2.45, 2.75) is 13.8 Å². The topological polar surface area (TPSA) is 78.1 Å². The summed E-state index contributed by atoms with van der Waals surface area (Å²) in [5.41, 5.74) is 2.87. The van der Waals surface area contributed by atoms with Gasteiger partial charge in [-0.3, -0.25) is 0 Å². The van der Waals surface area contributed by atoms with Crippen LogP contribution in [-0.2, 0) is 0 Å². The first-order valence-electron chi connectivity index (χ1n) is 9.85. The van der Waals surface area contributed by atoms with Crippen molar-refractivity contribution in [3.8, 4) is 28.3 Å². The van der Waals surface area contributed by atoms with Gasteiger partial charge in [-0.1, -0.05) is 40.9 Å². The van der Waals surface area contributed by atoms with Crippen LogP contribution in [-0.4, -0.2) is 21.6 Å². The van der Waals surface area contributed by atoms with Gasteiger partial charge in [-0.05, 0) is 36.8 Å². The number of halogens is 3. The summed E-state index contributed by atoms with van der Waals surface area (Å²) in [6.07, 6.45) is 0. The zero-order chi connectivity index (χ0) is 23.3. The van der Waals surface area contributed by atoms with Crippen molar-refractivity contribution < 1.29 is 9.15 Å². The highest BCUT2D eigenvalue weighted by Gasteiger charge is 2.21. The van der Waals surface area contributed by atoms with E-state index in [2.05, 4.69) is 9.97 Å². The molecule has 5 aromatic rings. The molecule has 0 N–H and O–H groups in total. The van der Waals surface area contributed by atoms with Crippen LogP contribution < -0.4 is 10.4 Å². The van der Waals surface area contributed by atoms with Gasteiger partial charge >= 0.3 is 5.63 Å². The number of rotatable bonds is 4. The Balaban J connectivity index is 1.88. The van der Waals surface area contributed by atoms with E-state index in [0.29, 0.717) is 54.2 Å². The predicted octanol–water partition coefficient (Wildman–Crippen LogP) is 7.19. The second kappa shape index (κ2) is 8.57. The van der Waals surface area contributed by atoms with Crippen LogP contribution in [0.3, 0.4) is 0 Å². The Morgan fingerprint density at radius 1 is 1.03 bits per heavy atom. The number of aryl methyl sites for hydroxylation is 1. The molecule has 0 radical (unpaired) electrons. The minimum Gasteiger partial charge on any atom is -0.478 e.